The van der Waals surface area contributed by atoms with E-state index in [-0.39, 0.29) is 29.6 Å². The lowest BCUT2D eigenvalue weighted by atomic mass is 9.53. The monoisotopic (exact) mass is 330 g/mol. The van der Waals surface area contributed by atoms with E-state index < -0.39 is 0 Å². The minimum Gasteiger partial charge on any atom is -0.395 e. The topological polar surface area (TPSA) is 60.7 Å². The molecule has 0 aromatic rings. The Balaban J connectivity index is 1.83. The van der Waals surface area contributed by atoms with E-state index in [4.69, 9.17) is 0 Å². The molecule has 1 saturated carbocycles. The zero-order valence-corrected chi connectivity index (χ0v) is 14.8. The van der Waals surface area contributed by atoms with Crippen LogP contribution in [0.1, 0.15) is 52.4 Å². The summed E-state index contributed by atoms with van der Waals surface area (Å²) in [7, 11) is 0. The Hall–Kier alpha value is -0.900. The number of aliphatic hydroxyl groups excluding tert-OH is 3. The van der Waals surface area contributed by atoms with Crippen molar-refractivity contribution in [2.75, 3.05) is 6.61 Å². The second kappa shape index (κ2) is 5.55. The van der Waals surface area contributed by atoms with Crippen LogP contribution in [0.3, 0.4) is 0 Å². The van der Waals surface area contributed by atoms with E-state index in [9.17, 15) is 15.3 Å². The zero-order valence-electron chi connectivity index (χ0n) is 14.8. The molecule has 4 aliphatic rings. The van der Waals surface area contributed by atoms with Crippen molar-refractivity contribution in [1.82, 2.24) is 0 Å². The SMILES string of the molecule is C[C@H](O)[C@H]1CCC2=C3C=CC4=C[C@@H](O)CC[C@]4(CO)[C@H]3CC[C@@]21C. The van der Waals surface area contributed by atoms with E-state index in [1.54, 1.807) is 0 Å². The molecule has 0 heterocycles. The Morgan fingerprint density at radius 3 is 2.71 bits per heavy atom. The Morgan fingerprint density at radius 1 is 1.21 bits per heavy atom. The molecule has 0 radical (unpaired) electrons. The van der Waals surface area contributed by atoms with Crippen LogP contribution in [0, 0.1) is 22.7 Å². The summed E-state index contributed by atoms with van der Waals surface area (Å²) < 4.78 is 0. The molecule has 0 aromatic carbocycles. The smallest absolute Gasteiger partial charge is 0.0727 e. The highest BCUT2D eigenvalue weighted by Gasteiger charge is 2.54. The molecule has 0 unspecified atom stereocenters. The molecule has 0 spiro atoms. The minimum absolute atomic E-state index is 0.108. The molecular formula is C21H30O3. The largest absolute Gasteiger partial charge is 0.395 e. The van der Waals surface area contributed by atoms with Crippen molar-refractivity contribution >= 4 is 0 Å². The molecule has 0 saturated heterocycles. The van der Waals surface area contributed by atoms with Crippen LogP contribution in [-0.4, -0.2) is 34.1 Å². The van der Waals surface area contributed by atoms with Crippen LogP contribution < -0.4 is 0 Å². The fourth-order valence-electron chi connectivity index (χ4n) is 6.38. The molecule has 6 atom stereocenters. The predicted molar refractivity (Wildman–Crippen MR) is 94.2 cm³/mol. The number of aliphatic hydroxyl groups is 3. The van der Waals surface area contributed by atoms with Crippen molar-refractivity contribution in [2.45, 2.75) is 64.6 Å². The van der Waals surface area contributed by atoms with E-state index in [0.717, 1.165) is 44.1 Å². The summed E-state index contributed by atoms with van der Waals surface area (Å²) in [5.74, 6) is 0.714. The third kappa shape index (κ3) is 2.07. The normalized spacial score (nSPS) is 45.4. The highest BCUT2D eigenvalue weighted by atomic mass is 16.3. The maximum Gasteiger partial charge on any atom is 0.0727 e. The summed E-state index contributed by atoms with van der Waals surface area (Å²) in [6.07, 6.45) is 11.6. The van der Waals surface area contributed by atoms with Crippen LogP contribution in [0.15, 0.2) is 34.9 Å². The van der Waals surface area contributed by atoms with Crippen molar-refractivity contribution in [3.05, 3.63) is 34.9 Å². The van der Waals surface area contributed by atoms with Gasteiger partial charge in [-0.15, -0.1) is 0 Å². The molecule has 4 aliphatic carbocycles. The minimum atomic E-state index is -0.376. The third-order valence-electron chi connectivity index (χ3n) is 7.70. The maximum absolute atomic E-state index is 10.3. The van der Waals surface area contributed by atoms with Crippen molar-refractivity contribution in [2.24, 2.45) is 22.7 Å². The summed E-state index contributed by atoms with van der Waals surface area (Å²) in [4.78, 5) is 0. The first-order valence-electron chi connectivity index (χ1n) is 9.53. The molecule has 1 fully saturated rings. The van der Waals surface area contributed by atoms with Crippen molar-refractivity contribution in [3.8, 4) is 0 Å². The molecule has 0 aliphatic heterocycles. The van der Waals surface area contributed by atoms with E-state index in [0.29, 0.717) is 11.8 Å². The van der Waals surface area contributed by atoms with Gasteiger partial charge in [-0.2, -0.15) is 0 Å². The van der Waals surface area contributed by atoms with Gasteiger partial charge in [0.25, 0.3) is 0 Å². The summed E-state index contributed by atoms with van der Waals surface area (Å²) in [5, 5.41) is 30.6. The van der Waals surface area contributed by atoms with Gasteiger partial charge in [-0.05, 0) is 73.8 Å². The number of allylic oxidation sites excluding steroid dienone is 4. The number of hydrogen-bond donors (Lipinski definition) is 3. The fraction of sp³-hybridized carbons (Fsp3) is 0.714. The van der Waals surface area contributed by atoms with Gasteiger partial charge in [0.05, 0.1) is 18.8 Å². The molecule has 0 amide bonds. The van der Waals surface area contributed by atoms with Gasteiger partial charge in [0.2, 0.25) is 0 Å². The van der Waals surface area contributed by atoms with Gasteiger partial charge >= 0.3 is 0 Å². The number of hydrogen-bond acceptors (Lipinski definition) is 3. The average Bonchev–Trinajstić information content (AvgIpc) is 2.91. The molecule has 3 nitrogen and oxygen atoms in total. The highest BCUT2D eigenvalue weighted by molar-refractivity contribution is 5.49. The van der Waals surface area contributed by atoms with Gasteiger partial charge in [0, 0.05) is 5.41 Å². The Morgan fingerprint density at radius 2 is 2.00 bits per heavy atom. The molecule has 24 heavy (non-hydrogen) atoms. The number of fused-ring (bicyclic) bond motifs is 4. The second-order valence-corrected chi connectivity index (χ2v) is 8.70. The Kier molecular flexibility index (Phi) is 3.83. The molecule has 3 heteroatoms. The lowest BCUT2D eigenvalue weighted by Crippen LogP contribution is -2.46. The van der Waals surface area contributed by atoms with Gasteiger partial charge in [0.1, 0.15) is 0 Å². The summed E-state index contributed by atoms with van der Waals surface area (Å²) in [6, 6.07) is 0. The second-order valence-electron chi connectivity index (χ2n) is 8.70. The van der Waals surface area contributed by atoms with Gasteiger partial charge in [-0.1, -0.05) is 30.7 Å². The van der Waals surface area contributed by atoms with E-state index in [1.165, 1.54) is 11.1 Å². The first kappa shape index (κ1) is 16.6. The molecular weight excluding hydrogens is 300 g/mol. The highest BCUT2D eigenvalue weighted by Crippen LogP contribution is 2.62. The lowest BCUT2D eigenvalue weighted by molar-refractivity contribution is 0.0344. The summed E-state index contributed by atoms with van der Waals surface area (Å²) >= 11 is 0. The first-order chi connectivity index (χ1) is 11.4. The molecule has 0 aromatic heterocycles. The van der Waals surface area contributed by atoms with E-state index in [2.05, 4.69) is 19.1 Å². The molecule has 132 valence electrons. The van der Waals surface area contributed by atoms with Crippen molar-refractivity contribution < 1.29 is 15.3 Å². The van der Waals surface area contributed by atoms with E-state index in [1.807, 2.05) is 13.0 Å². The fourth-order valence-corrected chi connectivity index (χ4v) is 6.38. The Labute approximate surface area is 144 Å². The van der Waals surface area contributed by atoms with Crippen LogP contribution in [0.4, 0.5) is 0 Å². The van der Waals surface area contributed by atoms with Gasteiger partial charge in [-0.3, -0.25) is 0 Å². The summed E-state index contributed by atoms with van der Waals surface area (Å²) in [5.41, 5.74) is 3.98. The molecule has 4 rings (SSSR count). The third-order valence-corrected chi connectivity index (χ3v) is 7.70. The van der Waals surface area contributed by atoms with Crippen LogP contribution in [0.25, 0.3) is 0 Å². The standard InChI is InChI=1S/C21H30O3/c1-13(23)17-5-6-18-16-4-3-14-11-15(24)7-10-21(14,12-22)19(16)8-9-20(17,18)2/h3-4,11,13,15,17,19,22-24H,5-10,12H2,1-2H3/t13-,15-,17+,19-,20+,21+/m0/s1. The van der Waals surface area contributed by atoms with Gasteiger partial charge in [0.15, 0.2) is 0 Å². The first-order valence-corrected chi connectivity index (χ1v) is 9.53. The van der Waals surface area contributed by atoms with Crippen molar-refractivity contribution in [1.29, 1.82) is 0 Å². The predicted octanol–water partition coefficient (Wildman–Crippen LogP) is 3.12. The van der Waals surface area contributed by atoms with Crippen LogP contribution >= 0.6 is 0 Å². The van der Waals surface area contributed by atoms with Gasteiger partial charge in [-0.25, -0.2) is 0 Å². The van der Waals surface area contributed by atoms with Crippen LogP contribution in [0.5, 0.6) is 0 Å². The lowest BCUT2D eigenvalue weighted by Gasteiger charge is -2.52. The average molecular weight is 330 g/mol. The van der Waals surface area contributed by atoms with Crippen molar-refractivity contribution in [3.63, 3.8) is 0 Å². The van der Waals surface area contributed by atoms with Crippen LogP contribution in [0.2, 0.25) is 0 Å². The van der Waals surface area contributed by atoms with E-state index >= 15 is 0 Å². The summed E-state index contributed by atoms with van der Waals surface area (Å²) in [6.45, 7) is 4.43. The Bertz CT molecular complexity index is 629. The molecule has 0 bridgehead atoms. The molecule has 3 N–H and O–H groups in total. The van der Waals surface area contributed by atoms with Gasteiger partial charge < -0.3 is 15.3 Å². The van der Waals surface area contributed by atoms with Crippen LogP contribution in [-0.2, 0) is 0 Å². The zero-order chi connectivity index (χ0) is 17.1. The number of rotatable bonds is 2. The maximum atomic E-state index is 10.3. The quantitative estimate of drug-likeness (QED) is 0.729.